The maximum Gasteiger partial charge on any atom is 0.244 e. The van der Waals surface area contributed by atoms with Crippen LogP contribution in [0.3, 0.4) is 0 Å². The fraction of sp³-hybridized carbons (Fsp3) is 0.0526. The van der Waals surface area contributed by atoms with Crippen molar-refractivity contribution < 1.29 is 9.53 Å². The van der Waals surface area contributed by atoms with Gasteiger partial charge in [0.15, 0.2) is 5.78 Å². The standard InChI is InChI=1S/C19H12Cl2O3S/c1-24-14-6-3-12-8-15(19(23)25-18(12)10-14)17(22)7-4-11-2-5-13(20)9-16(11)21/h2-10H,1H3. The molecule has 0 aliphatic heterocycles. The van der Waals surface area contributed by atoms with Crippen molar-refractivity contribution in [1.82, 2.24) is 0 Å². The van der Waals surface area contributed by atoms with Crippen molar-refractivity contribution in [3.63, 3.8) is 0 Å². The SMILES string of the molecule is COc1ccc2cc(C(=O)C=Cc3ccc(Cl)cc3Cl)c(=O)sc2c1. The van der Waals surface area contributed by atoms with Crippen molar-refractivity contribution in [2.75, 3.05) is 7.11 Å². The van der Waals surface area contributed by atoms with Crippen LogP contribution >= 0.6 is 34.5 Å². The van der Waals surface area contributed by atoms with Crippen molar-refractivity contribution in [2.24, 2.45) is 0 Å². The van der Waals surface area contributed by atoms with E-state index in [-0.39, 0.29) is 16.1 Å². The molecule has 1 heterocycles. The molecule has 0 aliphatic carbocycles. The van der Waals surface area contributed by atoms with Gasteiger partial charge < -0.3 is 4.74 Å². The van der Waals surface area contributed by atoms with Crippen LogP contribution in [0.4, 0.5) is 0 Å². The Morgan fingerprint density at radius 3 is 2.64 bits per heavy atom. The van der Waals surface area contributed by atoms with Crippen LogP contribution in [-0.4, -0.2) is 12.9 Å². The van der Waals surface area contributed by atoms with Gasteiger partial charge in [-0.2, -0.15) is 0 Å². The second-order valence-corrected chi connectivity index (χ2v) is 7.07. The molecule has 1 aromatic heterocycles. The zero-order chi connectivity index (χ0) is 18.0. The number of carbonyl (C=O) groups excluding carboxylic acids is 1. The summed E-state index contributed by atoms with van der Waals surface area (Å²) < 4.78 is 5.63. The van der Waals surface area contributed by atoms with Crippen molar-refractivity contribution in [2.45, 2.75) is 0 Å². The fourth-order valence-electron chi connectivity index (χ4n) is 2.28. The lowest BCUT2D eigenvalue weighted by Gasteiger charge is -2.03. The van der Waals surface area contributed by atoms with E-state index in [1.807, 2.05) is 6.07 Å². The minimum Gasteiger partial charge on any atom is -0.497 e. The van der Waals surface area contributed by atoms with E-state index in [1.165, 1.54) is 6.08 Å². The molecule has 0 atom stereocenters. The molecule has 0 bridgehead atoms. The largest absolute Gasteiger partial charge is 0.497 e. The van der Waals surface area contributed by atoms with Crippen molar-refractivity contribution in [3.05, 3.63) is 79.2 Å². The molecule has 0 N–H and O–H groups in total. The van der Waals surface area contributed by atoms with Crippen LogP contribution in [0.5, 0.6) is 5.75 Å². The molecule has 3 nitrogen and oxygen atoms in total. The van der Waals surface area contributed by atoms with E-state index in [9.17, 15) is 9.59 Å². The Hall–Kier alpha value is -2.14. The average Bonchev–Trinajstić information content (AvgIpc) is 2.59. The van der Waals surface area contributed by atoms with E-state index in [0.29, 0.717) is 21.4 Å². The van der Waals surface area contributed by atoms with E-state index in [0.717, 1.165) is 21.4 Å². The Bertz CT molecular complexity index is 1050. The molecule has 0 saturated carbocycles. The Balaban J connectivity index is 1.95. The van der Waals surface area contributed by atoms with Gasteiger partial charge in [0.2, 0.25) is 4.74 Å². The molecule has 0 aliphatic rings. The predicted octanol–water partition coefficient (Wildman–Crippen LogP) is 5.47. The highest BCUT2D eigenvalue weighted by atomic mass is 35.5. The second-order valence-electron chi connectivity index (χ2n) is 5.21. The molecule has 0 saturated heterocycles. The summed E-state index contributed by atoms with van der Waals surface area (Å²) in [6.45, 7) is 0. The lowest BCUT2D eigenvalue weighted by molar-refractivity contribution is 0.104. The van der Waals surface area contributed by atoms with E-state index in [4.69, 9.17) is 27.9 Å². The van der Waals surface area contributed by atoms with Crippen molar-refractivity contribution in [1.29, 1.82) is 0 Å². The van der Waals surface area contributed by atoms with E-state index >= 15 is 0 Å². The van der Waals surface area contributed by atoms with Crippen LogP contribution in [0.1, 0.15) is 15.9 Å². The average molecular weight is 391 g/mol. The summed E-state index contributed by atoms with van der Waals surface area (Å²) in [5, 5.41) is 1.76. The minimum absolute atomic E-state index is 0.129. The van der Waals surface area contributed by atoms with Gasteiger partial charge in [-0.3, -0.25) is 9.59 Å². The summed E-state index contributed by atoms with van der Waals surface area (Å²) in [5.74, 6) is 0.296. The quantitative estimate of drug-likeness (QED) is 0.437. The molecule has 0 fully saturated rings. The molecule has 0 radical (unpaired) electrons. The van der Waals surface area contributed by atoms with Crippen LogP contribution < -0.4 is 9.48 Å². The Morgan fingerprint density at radius 1 is 1.12 bits per heavy atom. The van der Waals surface area contributed by atoms with Crippen molar-refractivity contribution >= 4 is 56.5 Å². The zero-order valence-corrected chi connectivity index (χ0v) is 15.4. The van der Waals surface area contributed by atoms with E-state index < -0.39 is 0 Å². The number of allylic oxidation sites excluding steroid dienone is 1. The van der Waals surface area contributed by atoms with E-state index in [2.05, 4.69) is 0 Å². The number of ether oxygens (including phenoxy) is 1. The van der Waals surface area contributed by atoms with Gasteiger partial charge in [0.1, 0.15) is 5.75 Å². The third-order valence-corrected chi connectivity index (χ3v) is 5.13. The number of halogens is 2. The van der Waals surface area contributed by atoms with E-state index in [1.54, 1.807) is 49.6 Å². The van der Waals surface area contributed by atoms with Crippen LogP contribution in [0, 0.1) is 0 Å². The lowest BCUT2D eigenvalue weighted by atomic mass is 10.1. The third kappa shape index (κ3) is 3.93. The molecule has 2 aromatic carbocycles. The number of carbonyl (C=O) groups is 1. The van der Waals surface area contributed by atoms with Gasteiger partial charge in [-0.05, 0) is 59.5 Å². The van der Waals surface area contributed by atoms with Crippen molar-refractivity contribution in [3.8, 4) is 5.75 Å². The molecule has 6 heteroatoms. The highest BCUT2D eigenvalue weighted by Gasteiger charge is 2.10. The highest BCUT2D eigenvalue weighted by molar-refractivity contribution is 7.16. The van der Waals surface area contributed by atoms with Crippen LogP contribution in [0.2, 0.25) is 10.0 Å². The van der Waals surface area contributed by atoms with Gasteiger partial charge >= 0.3 is 0 Å². The van der Waals surface area contributed by atoms with Gasteiger partial charge in [0, 0.05) is 14.7 Å². The number of hydrogen-bond acceptors (Lipinski definition) is 4. The van der Waals surface area contributed by atoms with Gasteiger partial charge in [-0.25, -0.2) is 0 Å². The molecule has 25 heavy (non-hydrogen) atoms. The number of hydrogen-bond donors (Lipinski definition) is 0. The Kier molecular flexibility index (Phi) is 5.23. The van der Waals surface area contributed by atoms with Crippen LogP contribution in [0.25, 0.3) is 16.2 Å². The molecular weight excluding hydrogens is 379 g/mol. The summed E-state index contributed by atoms with van der Waals surface area (Å²) in [6.07, 6.45) is 2.91. The minimum atomic E-state index is -0.370. The topological polar surface area (TPSA) is 43.4 Å². The summed E-state index contributed by atoms with van der Waals surface area (Å²) in [7, 11) is 1.56. The number of benzene rings is 2. The maximum absolute atomic E-state index is 12.4. The summed E-state index contributed by atoms with van der Waals surface area (Å²) in [5.41, 5.74) is 0.782. The molecule has 126 valence electrons. The first kappa shape index (κ1) is 17.7. The fourth-order valence-corrected chi connectivity index (χ4v) is 3.64. The second kappa shape index (κ2) is 7.40. The van der Waals surface area contributed by atoms with Gasteiger partial charge in [-0.15, -0.1) is 0 Å². The first-order valence-corrected chi connectivity index (χ1v) is 8.84. The summed E-state index contributed by atoms with van der Waals surface area (Å²) >= 11 is 12.9. The maximum atomic E-state index is 12.4. The molecular formula is C19H12Cl2O3S. The monoisotopic (exact) mass is 390 g/mol. The highest BCUT2D eigenvalue weighted by Crippen LogP contribution is 2.24. The Morgan fingerprint density at radius 2 is 1.92 bits per heavy atom. The zero-order valence-electron chi connectivity index (χ0n) is 13.1. The molecule has 0 amide bonds. The van der Waals surface area contributed by atoms with Gasteiger partial charge in [0.25, 0.3) is 0 Å². The van der Waals surface area contributed by atoms with Gasteiger partial charge in [-0.1, -0.05) is 40.6 Å². The number of ketones is 1. The number of fused-ring (bicyclic) bond motifs is 1. The molecule has 3 aromatic rings. The predicted molar refractivity (Wildman–Crippen MR) is 104 cm³/mol. The normalized spacial score (nSPS) is 11.2. The lowest BCUT2D eigenvalue weighted by Crippen LogP contribution is -2.09. The molecule has 0 spiro atoms. The number of rotatable bonds is 4. The first-order chi connectivity index (χ1) is 12.0. The third-order valence-electron chi connectivity index (χ3n) is 3.59. The smallest absolute Gasteiger partial charge is 0.244 e. The molecule has 0 unspecified atom stereocenters. The Labute approximate surface area is 158 Å². The van der Waals surface area contributed by atoms with Gasteiger partial charge in [0.05, 0.1) is 12.7 Å². The summed E-state index contributed by atoms with van der Waals surface area (Å²) in [4.78, 5) is 24.7. The first-order valence-electron chi connectivity index (χ1n) is 7.27. The molecule has 3 rings (SSSR count). The van der Waals surface area contributed by atoms with Crippen LogP contribution in [-0.2, 0) is 0 Å². The summed E-state index contributed by atoms with van der Waals surface area (Å²) in [6, 6.07) is 12.0. The number of methoxy groups -OCH3 is 1. The van der Waals surface area contributed by atoms with Crippen LogP contribution in [0.15, 0.2) is 53.3 Å².